The van der Waals surface area contributed by atoms with Gasteiger partial charge in [0.05, 0.1) is 48.0 Å². The fourth-order valence-electron chi connectivity index (χ4n) is 2.35. The van der Waals surface area contributed by atoms with Gasteiger partial charge in [-0.2, -0.15) is 10.5 Å². The van der Waals surface area contributed by atoms with E-state index in [2.05, 4.69) is 25.4 Å². The van der Waals surface area contributed by atoms with Crippen LogP contribution in [0.3, 0.4) is 0 Å². The molecule has 0 bridgehead atoms. The monoisotopic (exact) mass is 391 g/mol. The molecule has 10 heteroatoms. The number of hydrogen-bond donors (Lipinski definition) is 2. The lowest BCUT2D eigenvalue weighted by Crippen LogP contribution is -2.23. The van der Waals surface area contributed by atoms with E-state index in [-0.39, 0.29) is 5.75 Å². The maximum atomic E-state index is 12.7. The highest BCUT2D eigenvalue weighted by Gasteiger charge is 2.16. The number of rotatable bonds is 9. The lowest BCUT2D eigenvalue weighted by atomic mass is 10.2. The molecule has 144 valence electrons. The minimum atomic E-state index is -1.41. The predicted molar refractivity (Wildman–Crippen MR) is 100 cm³/mol. The van der Waals surface area contributed by atoms with Gasteiger partial charge in [0, 0.05) is 31.0 Å². The Morgan fingerprint density at radius 3 is 2.85 bits per heavy atom. The molecule has 0 aliphatic carbocycles. The number of methoxy groups -OCH3 is 2. The van der Waals surface area contributed by atoms with Crippen molar-refractivity contribution in [1.82, 2.24) is 25.4 Å². The largest absolute Gasteiger partial charge is 0.481 e. The van der Waals surface area contributed by atoms with E-state index in [1.54, 1.807) is 31.5 Å². The smallest absolute Gasteiger partial charge is 0.215 e. The van der Waals surface area contributed by atoms with Crippen LogP contribution < -0.4 is 15.1 Å². The average Bonchev–Trinajstić information content (AvgIpc) is 3.11. The Morgan fingerprint density at radius 1 is 1.22 bits per heavy atom. The molecule has 1 atom stereocenters. The highest BCUT2D eigenvalue weighted by molar-refractivity contribution is 7.84. The standard InChI is InChI=1S/C17H21N5O4S/c1-11-13(18-7-6-14(11)26-19-8-9-24-2)10-27(23)17-20-12-4-5-15(25-3)21-16(12)22-17/h4-7,19H,8-10H2,1-3H3,(H,20,21,22). The molecule has 0 saturated heterocycles. The summed E-state index contributed by atoms with van der Waals surface area (Å²) in [6.45, 7) is 2.96. The molecule has 0 aliphatic rings. The molecule has 9 nitrogen and oxygen atoms in total. The maximum Gasteiger partial charge on any atom is 0.215 e. The van der Waals surface area contributed by atoms with E-state index in [9.17, 15) is 4.21 Å². The lowest BCUT2D eigenvalue weighted by molar-refractivity contribution is 0.135. The van der Waals surface area contributed by atoms with Crippen molar-refractivity contribution in [3.05, 3.63) is 35.7 Å². The fourth-order valence-corrected chi connectivity index (χ4v) is 3.44. The van der Waals surface area contributed by atoms with E-state index in [1.807, 2.05) is 6.92 Å². The molecule has 0 saturated carbocycles. The molecule has 3 heterocycles. The minimum absolute atomic E-state index is 0.206. The van der Waals surface area contributed by atoms with Gasteiger partial charge in [0.2, 0.25) is 5.88 Å². The Labute approximate surface area is 158 Å². The zero-order valence-electron chi connectivity index (χ0n) is 15.3. The number of hydrogen-bond acceptors (Lipinski definition) is 8. The van der Waals surface area contributed by atoms with Crippen LogP contribution in [0.2, 0.25) is 0 Å². The number of pyridine rings is 2. The topological polar surface area (TPSA) is 111 Å². The molecule has 27 heavy (non-hydrogen) atoms. The molecule has 0 fully saturated rings. The summed E-state index contributed by atoms with van der Waals surface area (Å²) in [5.74, 6) is 1.29. The summed E-state index contributed by atoms with van der Waals surface area (Å²) in [4.78, 5) is 21.4. The summed E-state index contributed by atoms with van der Waals surface area (Å²) >= 11 is 0. The Bertz CT molecular complexity index is 946. The van der Waals surface area contributed by atoms with Crippen LogP contribution in [-0.4, -0.2) is 51.5 Å². The van der Waals surface area contributed by atoms with Crippen LogP contribution in [0.25, 0.3) is 11.2 Å². The van der Waals surface area contributed by atoms with Gasteiger partial charge in [-0.1, -0.05) is 0 Å². The van der Waals surface area contributed by atoms with Crippen LogP contribution >= 0.6 is 0 Å². The first-order valence-electron chi connectivity index (χ1n) is 8.24. The van der Waals surface area contributed by atoms with Crippen LogP contribution in [-0.2, 0) is 21.3 Å². The predicted octanol–water partition coefficient (Wildman–Crippen LogP) is 1.51. The summed E-state index contributed by atoms with van der Waals surface area (Å²) in [5.41, 5.74) is 5.46. The van der Waals surface area contributed by atoms with E-state index in [0.29, 0.717) is 46.8 Å². The number of aromatic nitrogens is 4. The Hall–Kier alpha value is -2.56. The van der Waals surface area contributed by atoms with Gasteiger partial charge >= 0.3 is 0 Å². The second-order valence-electron chi connectivity index (χ2n) is 5.63. The van der Waals surface area contributed by atoms with Gasteiger partial charge < -0.3 is 19.3 Å². The van der Waals surface area contributed by atoms with Crippen molar-refractivity contribution in [2.45, 2.75) is 17.8 Å². The zero-order valence-corrected chi connectivity index (χ0v) is 16.1. The van der Waals surface area contributed by atoms with Gasteiger partial charge in [-0.25, -0.2) is 4.98 Å². The van der Waals surface area contributed by atoms with Crippen molar-refractivity contribution < 1.29 is 18.5 Å². The fraction of sp³-hybridized carbons (Fsp3) is 0.353. The van der Waals surface area contributed by atoms with Gasteiger partial charge in [0.25, 0.3) is 0 Å². The third kappa shape index (κ3) is 4.59. The van der Waals surface area contributed by atoms with E-state index in [4.69, 9.17) is 14.3 Å². The van der Waals surface area contributed by atoms with Gasteiger partial charge in [0.15, 0.2) is 16.6 Å². The van der Waals surface area contributed by atoms with Crippen molar-refractivity contribution in [3.63, 3.8) is 0 Å². The molecule has 0 aromatic carbocycles. The highest BCUT2D eigenvalue weighted by atomic mass is 32.2. The van der Waals surface area contributed by atoms with Gasteiger partial charge in [-0.3, -0.25) is 9.19 Å². The Morgan fingerprint density at radius 2 is 2.07 bits per heavy atom. The number of hydroxylamine groups is 1. The molecule has 3 aromatic rings. The quantitative estimate of drug-likeness (QED) is 0.417. The molecule has 3 rings (SSSR count). The maximum absolute atomic E-state index is 12.7. The molecule has 1 unspecified atom stereocenters. The van der Waals surface area contributed by atoms with Crippen LogP contribution in [0.15, 0.2) is 29.6 Å². The Kier molecular flexibility index (Phi) is 6.32. The van der Waals surface area contributed by atoms with E-state index < -0.39 is 10.8 Å². The first-order valence-corrected chi connectivity index (χ1v) is 9.56. The summed E-state index contributed by atoms with van der Waals surface area (Å²) in [6, 6.07) is 5.26. The number of aromatic amines is 1. The second kappa shape index (κ2) is 8.89. The van der Waals surface area contributed by atoms with Crippen LogP contribution in [0.4, 0.5) is 0 Å². The van der Waals surface area contributed by atoms with E-state index in [1.165, 1.54) is 7.11 Å². The molecular formula is C17H21N5O4S. The van der Waals surface area contributed by atoms with Crippen LogP contribution in [0.1, 0.15) is 11.3 Å². The summed E-state index contributed by atoms with van der Waals surface area (Å²) in [5, 5.41) is 0.344. The van der Waals surface area contributed by atoms with Gasteiger partial charge in [0.1, 0.15) is 0 Å². The summed E-state index contributed by atoms with van der Waals surface area (Å²) in [6.07, 6.45) is 1.62. The molecule has 0 spiro atoms. The molecular weight excluding hydrogens is 370 g/mol. The Balaban J connectivity index is 1.73. The molecule has 0 aliphatic heterocycles. The summed E-state index contributed by atoms with van der Waals surface area (Å²) < 4.78 is 22.8. The number of ether oxygens (including phenoxy) is 2. The van der Waals surface area contributed by atoms with Gasteiger partial charge in [-0.15, -0.1) is 0 Å². The average molecular weight is 391 g/mol. The minimum Gasteiger partial charge on any atom is -0.481 e. The lowest BCUT2D eigenvalue weighted by Gasteiger charge is -2.11. The third-order valence-corrected chi connectivity index (χ3v) is 5.00. The van der Waals surface area contributed by atoms with Crippen molar-refractivity contribution in [3.8, 4) is 11.6 Å². The third-order valence-electron chi connectivity index (χ3n) is 3.84. The first kappa shape index (κ1) is 19.2. The van der Waals surface area contributed by atoms with E-state index in [0.717, 1.165) is 5.56 Å². The molecule has 2 N–H and O–H groups in total. The van der Waals surface area contributed by atoms with Gasteiger partial charge in [-0.05, 0) is 13.0 Å². The number of nitrogens with one attached hydrogen (secondary N) is 2. The zero-order chi connectivity index (χ0) is 19.2. The first-order chi connectivity index (χ1) is 13.1. The normalized spacial score (nSPS) is 12.3. The van der Waals surface area contributed by atoms with Crippen molar-refractivity contribution >= 4 is 22.0 Å². The highest BCUT2D eigenvalue weighted by Crippen LogP contribution is 2.22. The van der Waals surface area contributed by atoms with Crippen LogP contribution in [0, 0.1) is 6.92 Å². The second-order valence-corrected chi connectivity index (χ2v) is 6.99. The number of H-pyrrole nitrogens is 1. The summed E-state index contributed by atoms with van der Waals surface area (Å²) in [7, 11) is 1.75. The van der Waals surface area contributed by atoms with Crippen LogP contribution in [0.5, 0.6) is 11.6 Å². The van der Waals surface area contributed by atoms with Crippen molar-refractivity contribution in [1.29, 1.82) is 0 Å². The van der Waals surface area contributed by atoms with E-state index >= 15 is 0 Å². The van der Waals surface area contributed by atoms with Crippen molar-refractivity contribution in [2.75, 3.05) is 27.4 Å². The molecule has 0 amide bonds. The molecule has 3 aromatic heterocycles. The SMILES string of the molecule is COCCNOc1ccnc(CS(=O)c2nc3nc(OC)ccc3[nH]2)c1C. The molecule has 0 radical (unpaired) electrons. The van der Waals surface area contributed by atoms with Crippen molar-refractivity contribution in [2.24, 2.45) is 0 Å². The number of fused-ring (bicyclic) bond motifs is 1. The number of imidazole rings is 1. The number of nitrogens with zero attached hydrogens (tertiary/aromatic N) is 3.